The number of carbonyl (C=O) groups is 2. The zero-order valence-corrected chi connectivity index (χ0v) is 13.5. The Kier molecular flexibility index (Phi) is 7.02. The van der Waals surface area contributed by atoms with Gasteiger partial charge in [-0.2, -0.15) is 0 Å². The SMILES string of the molecule is CCCCNC(=O)C(C)(C)C(=O)NCCc1ccc(F)cc1. The lowest BCUT2D eigenvalue weighted by Gasteiger charge is -2.22. The van der Waals surface area contributed by atoms with Crippen LogP contribution in [0.4, 0.5) is 4.39 Å². The van der Waals surface area contributed by atoms with Gasteiger partial charge in [-0.1, -0.05) is 25.5 Å². The highest BCUT2D eigenvalue weighted by atomic mass is 19.1. The van der Waals surface area contributed by atoms with Crippen LogP contribution < -0.4 is 10.6 Å². The summed E-state index contributed by atoms with van der Waals surface area (Å²) in [5, 5.41) is 5.54. The number of benzene rings is 1. The van der Waals surface area contributed by atoms with Crippen molar-refractivity contribution in [3.63, 3.8) is 0 Å². The lowest BCUT2D eigenvalue weighted by atomic mass is 9.91. The minimum absolute atomic E-state index is 0.264. The topological polar surface area (TPSA) is 58.2 Å². The van der Waals surface area contributed by atoms with Gasteiger partial charge in [0.2, 0.25) is 11.8 Å². The fourth-order valence-corrected chi connectivity index (χ4v) is 1.90. The zero-order chi connectivity index (χ0) is 16.6. The highest BCUT2D eigenvalue weighted by Crippen LogP contribution is 2.15. The third-order valence-electron chi connectivity index (χ3n) is 3.56. The predicted molar refractivity (Wildman–Crippen MR) is 84.8 cm³/mol. The van der Waals surface area contributed by atoms with E-state index in [0.717, 1.165) is 18.4 Å². The second-order valence-corrected chi connectivity index (χ2v) is 5.87. The van der Waals surface area contributed by atoms with Crippen LogP contribution in [0.3, 0.4) is 0 Å². The fraction of sp³-hybridized carbons (Fsp3) is 0.529. The van der Waals surface area contributed by atoms with Crippen molar-refractivity contribution >= 4 is 11.8 Å². The Morgan fingerprint density at radius 1 is 1.05 bits per heavy atom. The van der Waals surface area contributed by atoms with Gasteiger partial charge in [-0.3, -0.25) is 9.59 Å². The molecule has 122 valence electrons. The zero-order valence-electron chi connectivity index (χ0n) is 13.5. The normalized spacial score (nSPS) is 11.1. The van der Waals surface area contributed by atoms with E-state index in [1.807, 2.05) is 6.92 Å². The van der Waals surface area contributed by atoms with E-state index in [2.05, 4.69) is 10.6 Å². The average Bonchev–Trinajstić information content (AvgIpc) is 2.49. The van der Waals surface area contributed by atoms with E-state index >= 15 is 0 Å². The molecular weight excluding hydrogens is 283 g/mol. The molecule has 0 aliphatic carbocycles. The van der Waals surface area contributed by atoms with Gasteiger partial charge in [-0.05, 0) is 44.4 Å². The second-order valence-electron chi connectivity index (χ2n) is 5.87. The molecule has 0 bridgehead atoms. The maximum Gasteiger partial charge on any atom is 0.235 e. The third kappa shape index (κ3) is 5.47. The van der Waals surface area contributed by atoms with Gasteiger partial charge in [0, 0.05) is 13.1 Å². The van der Waals surface area contributed by atoms with Gasteiger partial charge < -0.3 is 10.6 Å². The molecule has 0 fully saturated rings. The first-order chi connectivity index (χ1) is 10.4. The van der Waals surface area contributed by atoms with Crippen molar-refractivity contribution in [1.29, 1.82) is 0 Å². The van der Waals surface area contributed by atoms with Crippen LogP contribution in [0.2, 0.25) is 0 Å². The van der Waals surface area contributed by atoms with Gasteiger partial charge >= 0.3 is 0 Å². The molecule has 1 aromatic carbocycles. The molecule has 4 nitrogen and oxygen atoms in total. The molecule has 0 aromatic heterocycles. The Labute approximate surface area is 131 Å². The Morgan fingerprint density at radius 3 is 2.14 bits per heavy atom. The van der Waals surface area contributed by atoms with Crippen molar-refractivity contribution < 1.29 is 14.0 Å². The molecule has 0 aliphatic rings. The van der Waals surface area contributed by atoms with Crippen LogP contribution in [0.25, 0.3) is 0 Å². The van der Waals surface area contributed by atoms with Gasteiger partial charge in [0.1, 0.15) is 11.2 Å². The number of nitrogens with one attached hydrogen (secondary N) is 2. The van der Waals surface area contributed by atoms with Crippen molar-refractivity contribution in [2.24, 2.45) is 5.41 Å². The van der Waals surface area contributed by atoms with Crippen LogP contribution in [0, 0.1) is 11.2 Å². The average molecular weight is 308 g/mol. The monoisotopic (exact) mass is 308 g/mol. The number of hydrogen-bond acceptors (Lipinski definition) is 2. The molecule has 0 aliphatic heterocycles. The van der Waals surface area contributed by atoms with Crippen LogP contribution in [-0.2, 0) is 16.0 Å². The molecule has 0 radical (unpaired) electrons. The van der Waals surface area contributed by atoms with Crippen LogP contribution >= 0.6 is 0 Å². The van der Waals surface area contributed by atoms with Crippen molar-refractivity contribution in [1.82, 2.24) is 10.6 Å². The van der Waals surface area contributed by atoms with E-state index in [-0.39, 0.29) is 17.6 Å². The largest absolute Gasteiger partial charge is 0.355 e. The molecular formula is C17H25FN2O2. The minimum atomic E-state index is -1.10. The number of unbranched alkanes of at least 4 members (excludes halogenated alkanes) is 1. The molecule has 2 amide bonds. The highest BCUT2D eigenvalue weighted by molar-refractivity contribution is 6.04. The van der Waals surface area contributed by atoms with Crippen molar-refractivity contribution in [3.8, 4) is 0 Å². The van der Waals surface area contributed by atoms with E-state index < -0.39 is 5.41 Å². The lowest BCUT2D eigenvalue weighted by molar-refractivity contribution is -0.141. The molecule has 2 N–H and O–H groups in total. The van der Waals surface area contributed by atoms with E-state index in [9.17, 15) is 14.0 Å². The molecule has 0 atom stereocenters. The van der Waals surface area contributed by atoms with E-state index in [0.29, 0.717) is 19.5 Å². The predicted octanol–water partition coefficient (Wildman–Crippen LogP) is 2.43. The smallest absolute Gasteiger partial charge is 0.235 e. The summed E-state index contributed by atoms with van der Waals surface area (Å²) in [7, 11) is 0. The van der Waals surface area contributed by atoms with Gasteiger partial charge in [-0.15, -0.1) is 0 Å². The maximum atomic E-state index is 12.8. The van der Waals surface area contributed by atoms with E-state index in [1.54, 1.807) is 26.0 Å². The molecule has 1 aromatic rings. The fourth-order valence-electron chi connectivity index (χ4n) is 1.90. The number of hydrogen-bond donors (Lipinski definition) is 2. The van der Waals surface area contributed by atoms with Gasteiger partial charge in [0.05, 0.1) is 0 Å². The standard InChI is InChI=1S/C17H25FN2O2/c1-4-5-11-19-15(21)17(2,3)16(22)20-12-10-13-6-8-14(18)9-7-13/h6-9H,4-5,10-12H2,1-3H3,(H,19,21)(H,20,22). The van der Waals surface area contributed by atoms with Crippen molar-refractivity contribution in [3.05, 3.63) is 35.6 Å². The summed E-state index contributed by atoms with van der Waals surface area (Å²) >= 11 is 0. The molecule has 0 unspecified atom stereocenters. The molecule has 0 spiro atoms. The molecule has 1 rings (SSSR count). The molecule has 0 saturated heterocycles. The molecule has 22 heavy (non-hydrogen) atoms. The van der Waals surface area contributed by atoms with Gasteiger partial charge in [-0.25, -0.2) is 4.39 Å². The summed E-state index contributed by atoms with van der Waals surface area (Å²) in [5.41, 5.74) is -0.164. The summed E-state index contributed by atoms with van der Waals surface area (Å²) in [6, 6.07) is 6.15. The Balaban J connectivity index is 2.42. The highest BCUT2D eigenvalue weighted by Gasteiger charge is 2.35. The molecule has 0 saturated carbocycles. The van der Waals surface area contributed by atoms with Gasteiger partial charge in [0.15, 0.2) is 0 Å². The lowest BCUT2D eigenvalue weighted by Crippen LogP contribution is -2.48. The first-order valence-corrected chi connectivity index (χ1v) is 7.69. The van der Waals surface area contributed by atoms with Crippen molar-refractivity contribution in [2.45, 2.75) is 40.0 Å². The summed E-state index contributed by atoms with van der Waals surface area (Å²) < 4.78 is 12.8. The van der Waals surface area contributed by atoms with Crippen LogP contribution in [0.1, 0.15) is 39.2 Å². The third-order valence-corrected chi connectivity index (χ3v) is 3.56. The Bertz CT molecular complexity index is 498. The first kappa shape index (κ1) is 18.1. The Morgan fingerprint density at radius 2 is 1.59 bits per heavy atom. The van der Waals surface area contributed by atoms with Crippen LogP contribution in [-0.4, -0.2) is 24.9 Å². The summed E-state index contributed by atoms with van der Waals surface area (Å²) in [4.78, 5) is 24.2. The summed E-state index contributed by atoms with van der Waals surface area (Å²) in [5.74, 6) is -0.846. The van der Waals surface area contributed by atoms with Crippen molar-refractivity contribution in [2.75, 3.05) is 13.1 Å². The maximum absolute atomic E-state index is 12.8. The number of halogens is 1. The quantitative estimate of drug-likeness (QED) is 0.572. The Hall–Kier alpha value is -1.91. The minimum Gasteiger partial charge on any atom is -0.355 e. The second kappa shape index (κ2) is 8.51. The summed E-state index contributed by atoms with van der Waals surface area (Å²) in [6.07, 6.45) is 2.48. The number of amides is 2. The van der Waals surface area contributed by atoms with Gasteiger partial charge in [0.25, 0.3) is 0 Å². The summed E-state index contributed by atoms with van der Waals surface area (Å²) in [6.45, 7) is 6.26. The van der Waals surface area contributed by atoms with Crippen LogP contribution in [0.5, 0.6) is 0 Å². The number of rotatable bonds is 8. The molecule has 5 heteroatoms. The molecule has 0 heterocycles. The van der Waals surface area contributed by atoms with E-state index in [4.69, 9.17) is 0 Å². The van der Waals surface area contributed by atoms with Crippen LogP contribution in [0.15, 0.2) is 24.3 Å². The van der Waals surface area contributed by atoms with E-state index in [1.165, 1.54) is 12.1 Å². The number of carbonyl (C=O) groups excluding carboxylic acids is 2. The first-order valence-electron chi connectivity index (χ1n) is 7.69.